The first kappa shape index (κ1) is 24.5. The number of aliphatic hydroxyl groups excluding tert-OH is 1. The molecule has 1 aliphatic carbocycles. The van der Waals surface area contributed by atoms with Gasteiger partial charge in [-0.05, 0) is 61.4 Å². The van der Waals surface area contributed by atoms with Crippen molar-refractivity contribution in [3.8, 4) is 0 Å². The summed E-state index contributed by atoms with van der Waals surface area (Å²) in [4.78, 5) is 25.5. The molecule has 1 saturated carbocycles. The lowest BCUT2D eigenvalue weighted by atomic mass is 9.87. The maximum Gasteiger partial charge on any atom is 0.268 e. The van der Waals surface area contributed by atoms with E-state index in [1.54, 1.807) is 18.2 Å². The van der Waals surface area contributed by atoms with Crippen molar-refractivity contribution in [1.82, 2.24) is 15.2 Å². The van der Waals surface area contributed by atoms with Crippen molar-refractivity contribution in [1.29, 1.82) is 5.41 Å². The van der Waals surface area contributed by atoms with Crippen LogP contribution in [0.4, 0.5) is 0 Å². The third-order valence-corrected chi connectivity index (χ3v) is 6.75. The number of carbonyl (C=O) groups excluding carboxylic acids is 2. The molecule has 0 aliphatic heterocycles. The molecule has 0 bridgehead atoms. The number of hydrogen-bond donors (Lipinski definition) is 5. The summed E-state index contributed by atoms with van der Waals surface area (Å²) in [7, 11) is 0. The number of aliphatic hydroxyl groups is 1. The zero-order valence-electron chi connectivity index (χ0n) is 20.0. The molecule has 8 heteroatoms. The number of amidine groups is 1. The number of amides is 2. The minimum atomic E-state index is -0.245. The van der Waals surface area contributed by atoms with E-state index in [0.29, 0.717) is 29.3 Å². The number of nitrogens with two attached hydrogens (primary N) is 1. The van der Waals surface area contributed by atoms with Gasteiger partial charge in [-0.3, -0.25) is 15.0 Å². The number of nitrogens with one attached hydrogen (secondary N) is 3. The fourth-order valence-electron chi connectivity index (χ4n) is 4.66. The average molecular weight is 476 g/mol. The van der Waals surface area contributed by atoms with Gasteiger partial charge in [0.1, 0.15) is 11.5 Å². The molecule has 0 radical (unpaired) electrons. The molecule has 0 atom stereocenters. The molecule has 1 aromatic heterocycles. The quantitative estimate of drug-likeness (QED) is 0.253. The standard InChI is InChI=1S/C27H33N5O3/c1-17-2-10-22(11-3-17)31-27(35)24-14-20-8-9-21(25(28)29)15-23(20)32(24)16-18-4-6-19(7-5-18)26(34)30-12-13-33/h4-9,14-15,17,22,33H,2-3,10-13,16H2,1H3,(H3,28,29)(H,30,34)(H,31,35). The van der Waals surface area contributed by atoms with Crippen LogP contribution < -0.4 is 16.4 Å². The molecule has 1 fully saturated rings. The van der Waals surface area contributed by atoms with E-state index in [-0.39, 0.29) is 36.8 Å². The number of nitrogens with zero attached hydrogens (tertiary/aromatic N) is 1. The van der Waals surface area contributed by atoms with Crippen LogP contribution in [0.3, 0.4) is 0 Å². The summed E-state index contributed by atoms with van der Waals surface area (Å²) in [5.41, 5.74) is 9.14. The lowest BCUT2D eigenvalue weighted by molar-refractivity contribution is 0.0912. The molecule has 2 aromatic carbocycles. The number of nitrogen functional groups attached to an aromatic ring is 1. The van der Waals surface area contributed by atoms with Gasteiger partial charge in [0.05, 0.1) is 6.61 Å². The van der Waals surface area contributed by atoms with Crippen molar-refractivity contribution < 1.29 is 14.7 Å². The lowest BCUT2D eigenvalue weighted by Gasteiger charge is -2.27. The van der Waals surface area contributed by atoms with Crippen molar-refractivity contribution in [3.05, 3.63) is 70.9 Å². The molecule has 35 heavy (non-hydrogen) atoms. The first-order valence-corrected chi connectivity index (χ1v) is 12.1. The summed E-state index contributed by atoms with van der Waals surface area (Å²) < 4.78 is 1.95. The van der Waals surface area contributed by atoms with Gasteiger partial charge < -0.3 is 26.0 Å². The van der Waals surface area contributed by atoms with Gasteiger partial charge in [0, 0.05) is 41.2 Å². The van der Waals surface area contributed by atoms with E-state index in [2.05, 4.69) is 17.6 Å². The van der Waals surface area contributed by atoms with E-state index in [9.17, 15) is 9.59 Å². The minimum absolute atomic E-state index is 0.0276. The van der Waals surface area contributed by atoms with Crippen LogP contribution >= 0.6 is 0 Å². The summed E-state index contributed by atoms with van der Waals surface area (Å²) >= 11 is 0. The molecule has 8 nitrogen and oxygen atoms in total. The Morgan fingerprint density at radius 2 is 1.71 bits per heavy atom. The van der Waals surface area contributed by atoms with Gasteiger partial charge in [-0.1, -0.05) is 31.2 Å². The highest BCUT2D eigenvalue weighted by Crippen LogP contribution is 2.26. The monoisotopic (exact) mass is 475 g/mol. The van der Waals surface area contributed by atoms with Crippen LogP contribution in [0.15, 0.2) is 48.5 Å². The number of carbonyl (C=O) groups is 2. The molecule has 2 amide bonds. The van der Waals surface area contributed by atoms with Crippen LogP contribution in [-0.4, -0.2) is 46.5 Å². The Kier molecular flexibility index (Phi) is 7.51. The Balaban J connectivity index is 1.63. The van der Waals surface area contributed by atoms with Gasteiger partial charge in [0.2, 0.25) is 0 Å². The molecule has 0 unspecified atom stereocenters. The Morgan fingerprint density at radius 3 is 2.37 bits per heavy atom. The van der Waals surface area contributed by atoms with Crippen molar-refractivity contribution in [2.75, 3.05) is 13.2 Å². The maximum absolute atomic E-state index is 13.4. The zero-order chi connectivity index (χ0) is 24.9. The normalized spacial score (nSPS) is 17.8. The minimum Gasteiger partial charge on any atom is -0.395 e. The van der Waals surface area contributed by atoms with Gasteiger partial charge in [-0.15, -0.1) is 0 Å². The molecule has 0 saturated heterocycles. The topological polar surface area (TPSA) is 133 Å². The molecule has 0 spiro atoms. The van der Waals surface area contributed by atoms with E-state index >= 15 is 0 Å². The largest absolute Gasteiger partial charge is 0.395 e. The van der Waals surface area contributed by atoms with Crippen LogP contribution in [-0.2, 0) is 6.54 Å². The van der Waals surface area contributed by atoms with Crippen molar-refractivity contribution in [2.45, 2.75) is 45.2 Å². The Morgan fingerprint density at radius 1 is 1.03 bits per heavy atom. The van der Waals surface area contributed by atoms with Crippen LogP contribution in [0.2, 0.25) is 0 Å². The SMILES string of the molecule is CC1CCC(NC(=O)c2cc3ccc(C(=N)N)cc3n2Cc2ccc(C(=O)NCCO)cc2)CC1. The van der Waals surface area contributed by atoms with Gasteiger partial charge in [-0.25, -0.2) is 0 Å². The van der Waals surface area contributed by atoms with Crippen molar-refractivity contribution >= 4 is 28.6 Å². The van der Waals surface area contributed by atoms with Gasteiger partial charge >= 0.3 is 0 Å². The molecule has 6 N–H and O–H groups in total. The van der Waals surface area contributed by atoms with Gasteiger partial charge in [-0.2, -0.15) is 0 Å². The number of benzene rings is 2. The van der Waals surface area contributed by atoms with Crippen LogP contribution in [0, 0.1) is 11.3 Å². The van der Waals surface area contributed by atoms with Gasteiger partial charge in [0.25, 0.3) is 11.8 Å². The van der Waals surface area contributed by atoms with Crippen LogP contribution in [0.25, 0.3) is 10.9 Å². The Labute approximate surface area is 205 Å². The Bertz CT molecular complexity index is 1220. The summed E-state index contributed by atoms with van der Waals surface area (Å²) in [6.45, 7) is 2.77. The fourth-order valence-corrected chi connectivity index (χ4v) is 4.66. The first-order valence-electron chi connectivity index (χ1n) is 12.1. The summed E-state index contributed by atoms with van der Waals surface area (Å²) in [5, 5.41) is 23.5. The summed E-state index contributed by atoms with van der Waals surface area (Å²) in [6.07, 6.45) is 4.21. The van der Waals surface area contributed by atoms with Crippen LogP contribution in [0.5, 0.6) is 0 Å². The third-order valence-electron chi connectivity index (χ3n) is 6.75. The average Bonchev–Trinajstić information content (AvgIpc) is 3.22. The summed E-state index contributed by atoms with van der Waals surface area (Å²) in [6, 6.07) is 14.8. The van der Waals surface area contributed by atoms with Crippen molar-refractivity contribution in [2.24, 2.45) is 11.7 Å². The second-order valence-electron chi connectivity index (χ2n) is 9.41. The van der Waals surface area contributed by atoms with E-state index in [0.717, 1.165) is 42.1 Å². The molecule has 1 heterocycles. The van der Waals surface area contributed by atoms with E-state index in [1.165, 1.54) is 0 Å². The van der Waals surface area contributed by atoms with Crippen molar-refractivity contribution in [3.63, 3.8) is 0 Å². The number of hydrogen-bond acceptors (Lipinski definition) is 4. The second kappa shape index (κ2) is 10.7. The van der Waals surface area contributed by atoms with E-state index < -0.39 is 0 Å². The first-order chi connectivity index (χ1) is 16.9. The molecular weight excluding hydrogens is 442 g/mol. The zero-order valence-corrected chi connectivity index (χ0v) is 20.0. The fraction of sp³-hybridized carbons (Fsp3) is 0.370. The molecular formula is C27H33N5O3. The number of aromatic nitrogens is 1. The second-order valence-corrected chi connectivity index (χ2v) is 9.41. The Hall–Kier alpha value is -3.65. The third kappa shape index (κ3) is 5.71. The highest BCUT2D eigenvalue weighted by atomic mass is 16.3. The maximum atomic E-state index is 13.4. The molecule has 4 rings (SSSR count). The predicted molar refractivity (Wildman–Crippen MR) is 137 cm³/mol. The lowest BCUT2D eigenvalue weighted by Crippen LogP contribution is -2.38. The molecule has 184 valence electrons. The molecule has 3 aromatic rings. The number of fused-ring (bicyclic) bond motifs is 1. The van der Waals surface area contributed by atoms with Gasteiger partial charge in [0.15, 0.2) is 0 Å². The molecule has 1 aliphatic rings. The van der Waals surface area contributed by atoms with E-state index in [4.69, 9.17) is 16.2 Å². The highest BCUT2D eigenvalue weighted by Gasteiger charge is 2.23. The summed E-state index contributed by atoms with van der Waals surface area (Å²) in [5.74, 6) is 0.323. The number of rotatable bonds is 8. The van der Waals surface area contributed by atoms with E-state index in [1.807, 2.05) is 34.9 Å². The smallest absolute Gasteiger partial charge is 0.268 e. The van der Waals surface area contributed by atoms with Crippen LogP contribution in [0.1, 0.15) is 64.6 Å². The predicted octanol–water partition coefficient (Wildman–Crippen LogP) is 3.00. The highest BCUT2D eigenvalue weighted by molar-refractivity contribution is 6.02.